The molecule has 0 aliphatic carbocycles. The molecule has 0 fully saturated rings. The van der Waals surface area contributed by atoms with Gasteiger partial charge in [0.05, 0.1) is 11.1 Å². The molecular formula is C17H14N4. The maximum atomic E-state index is 9.25. The van der Waals surface area contributed by atoms with Gasteiger partial charge in [0.1, 0.15) is 11.9 Å². The van der Waals surface area contributed by atoms with Gasteiger partial charge in [-0.2, -0.15) is 5.26 Å². The number of aromatic nitrogens is 2. The van der Waals surface area contributed by atoms with Crippen molar-refractivity contribution >= 4 is 16.7 Å². The minimum atomic E-state index is 0.565. The molecule has 0 radical (unpaired) electrons. The quantitative estimate of drug-likeness (QED) is 0.793. The molecule has 102 valence electrons. The number of hydrogen-bond acceptors (Lipinski definition) is 4. The van der Waals surface area contributed by atoms with Crippen LogP contribution in [0.25, 0.3) is 10.9 Å². The van der Waals surface area contributed by atoms with Gasteiger partial charge in [-0.15, -0.1) is 0 Å². The molecule has 0 bridgehead atoms. The maximum absolute atomic E-state index is 9.25. The normalized spacial score (nSPS) is 10.2. The first-order valence-corrected chi connectivity index (χ1v) is 6.80. The van der Waals surface area contributed by atoms with E-state index in [9.17, 15) is 5.26 Å². The van der Waals surface area contributed by atoms with Crippen molar-refractivity contribution in [2.75, 3.05) is 11.9 Å². The first kappa shape index (κ1) is 13.1. The smallest absolute Gasteiger partial charge is 0.144 e. The van der Waals surface area contributed by atoms with Crippen LogP contribution < -0.4 is 5.32 Å². The van der Waals surface area contributed by atoms with Gasteiger partial charge in [-0.1, -0.05) is 24.3 Å². The standard InChI is InChI=1S/C17H14N4/c18-12-14-11-13-5-1-2-7-16(13)21-17(14)20-10-8-15-6-3-4-9-19-15/h1-7,9,11H,8,10H2,(H,20,21). The molecule has 0 atom stereocenters. The highest BCUT2D eigenvalue weighted by Crippen LogP contribution is 2.19. The molecule has 1 N–H and O–H groups in total. The summed E-state index contributed by atoms with van der Waals surface area (Å²) in [4.78, 5) is 8.80. The van der Waals surface area contributed by atoms with E-state index >= 15 is 0 Å². The van der Waals surface area contributed by atoms with Gasteiger partial charge in [-0.05, 0) is 24.3 Å². The number of anilines is 1. The van der Waals surface area contributed by atoms with E-state index in [0.29, 0.717) is 17.9 Å². The van der Waals surface area contributed by atoms with E-state index in [0.717, 1.165) is 23.0 Å². The van der Waals surface area contributed by atoms with Gasteiger partial charge in [0.15, 0.2) is 0 Å². The fraction of sp³-hybridized carbons (Fsp3) is 0.118. The largest absolute Gasteiger partial charge is 0.369 e. The Morgan fingerprint density at radius 1 is 1.10 bits per heavy atom. The molecule has 2 aromatic heterocycles. The lowest BCUT2D eigenvalue weighted by Gasteiger charge is -2.08. The third kappa shape index (κ3) is 2.98. The Morgan fingerprint density at radius 3 is 2.76 bits per heavy atom. The third-order valence-corrected chi connectivity index (χ3v) is 3.24. The van der Waals surface area contributed by atoms with Crippen LogP contribution >= 0.6 is 0 Å². The molecule has 0 amide bonds. The number of benzene rings is 1. The average molecular weight is 274 g/mol. The van der Waals surface area contributed by atoms with Crippen molar-refractivity contribution < 1.29 is 0 Å². The second kappa shape index (κ2) is 6.02. The van der Waals surface area contributed by atoms with Crippen LogP contribution in [0.15, 0.2) is 54.7 Å². The van der Waals surface area contributed by atoms with E-state index in [1.165, 1.54) is 0 Å². The summed E-state index contributed by atoms with van der Waals surface area (Å²) in [7, 11) is 0. The Kier molecular flexibility index (Phi) is 3.74. The van der Waals surface area contributed by atoms with Crippen LogP contribution in [0, 0.1) is 11.3 Å². The molecule has 0 aliphatic heterocycles. The van der Waals surface area contributed by atoms with Gasteiger partial charge in [0, 0.05) is 30.2 Å². The minimum absolute atomic E-state index is 0.565. The van der Waals surface area contributed by atoms with Crippen molar-refractivity contribution in [1.29, 1.82) is 5.26 Å². The number of rotatable bonds is 4. The molecule has 3 rings (SSSR count). The molecule has 0 saturated carbocycles. The van der Waals surface area contributed by atoms with Crippen LogP contribution in [-0.2, 0) is 6.42 Å². The van der Waals surface area contributed by atoms with Crippen LogP contribution in [0.1, 0.15) is 11.3 Å². The van der Waals surface area contributed by atoms with Crippen LogP contribution in [0.2, 0.25) is 0 Å². The van der Waals surface area contributed by atoms with Gasteiger partial charge >= 0.3 is 0 Å². The summed E-state index contributed by atoms with van der Waals surface area (Å²) in [5, 5.41) is 13.5. The molecule has 4 heteroatoms. The van der Waals surface area contributed by atoms with Crippen molar-refractivity contribution in [3.05, 3.63) is 66.0 Å². The second-order valence-corrected chi connectivity index (χ2v) is 4.69. The minimum Gasteiger partial charge on any atom is -0.369 e. The second-order valence-electron chi connectivity index (χ2n) is 4.69. The van der Waals surface area contributed by atoms with Crippen LogP contribution in [0.4, 0.5) is 5.82 Å². The van der Waals surface area contributed by atoms with E-state index in [1.807, 2.05) is 48.5 Å². The summed E-state index contributed by atoms with van der Waals surface area (Å²) in [6, 6.07) is 17.7. The Morgan fingerprint density at radius 2 is 1.95 bits per heavy atom. The molecule has 4 nitrogen and oxygen atoms in total. The predicted molar refractivity (Wildman–Crippen MR) is 82.9 cm³/mol. The number of para-hydroxylation sites is 1. The van der Waals surface area contributed by atoms with Gasteiger partial charge in [-0.25, -0.2) is 4.98 Å². The van der Waals surface area contributed by atoms with E-state index in [-0.39, 0.29) is 0 Å². The van der Waals surface area contributed by atoms with Crippen LogP contribution in [0.5, 0.6) is 0 Å². The number of nitrogens with one attached hydrogen (secondary N) is 1. The van der Waals surface area contributed by atoms with Gasteiger partial charge < -0.3 is 5.32 Å². The molecular weight excluding hydrogens is 260 g/mol. The van der Waals surface area contributed by atoms with E-state index in [2.05, 4.69) is 21.4 Å². The summed E-state index contributed by atoms with van der Waals surface area (Å²) in [6.45, 7) is 0.692. The zero-order chi connectivity index (χ0) is 14.5. The molecule has 3 aromatic rings. The molecule has 0 unspecified atom stereocenters. The van der Waals surface area contributed by atoms with Crippen molar-refractivity contribution in [2.45, 2.75) is 6.42 Å². The highest BCUT2D eigenvalue weighted by molar-refractivity contribution is 5.82. The third-order valence-electron chi connectivity index (χ3n) is 3.24. The number of nitrogens with zero attached hydrogens (tertiary/aromatic N) is 3. The van der Waals surface area contributed by atoms with E-state index in [4.69, 9.17) is 0 Å². The fourth-order valence-corrected chi connectivity index (χ4v) is 2.19. The first-order valence-electron chi connectivity index (χ1n) is 6.80. The van der Waals surface area contributed by atoms with E-state index < -0.39 is 0 Å². The maximum Gasteiger partial charge on any atom is 0.144 e. The Balaban J connectivity index is 1.78. The summed E-state index contributed by atoms with van der Waals surface area (Å²) in [5.74, 6) is 0.632. The van der Waals surface area contributed by atoms with Crippen LogP contribution in [-0.4, -0.2) is 16.5 Å². The van der Waals surface area contributed by atoms with Gasteiger partial charge in [-0.3, -0.25) is 4.98 Å². The summed E-state index contributed by atoms with van der Waals surface area (Å²) >= 11 is 0. The Hall–Kier alpha value is -2.93. The van der Waals surface area contributed by atoms with Crippen molar-refractivity contribution in [1.82, 2.24) is 9.97 Å². The molecule has 0 saturated heterocycles. The highest BCUT2D eigenvalue weighted by atomic mass is 15.0. The molecule has 2 heterocycles. The number of nitriles is 1. The summed E-state index contributed by atoms with van der Waals surface area (Å²) < 4.78 is 0. The molecule has 1 aromatic carbocycles. The van der Waals surface area contributed by atoms with Gasteiger partial charge in [0.2, 0.25) is 0 Å². The lowest BCUT2D eigenvalue weighted by atomic mass is 10.1. The topological polar surface area (TPSA) is 61.6 Å². The molecule has 0 aliphatic rings. The Labute approximate surface area is 123 Å². The highest BCUT2D eigenvalue weighted by Gasteiger charge is 2.06. The average Bonchev–Trinajstić information content (AvgIpc) is 2.55. The number of fused-ring (bicyclic) bond motifs is 1. The molecule has 21 heavy (non-hydrogen) atoms. The first-order chi connectivity index (χ1) is 10.4. The van der Waals surface area contributed by atoms with Gasteiger partial charge in [0.25, 0.3) is 0 Å². The number of pyridine rings is 2. The predicted octanol–water partition coefficient (Wildman–Crippen LogP) is 3.16. The lowest BCUT2D eigenvalue weighted by molar-refractivity contribution is 0.955. The number of hydrogen-bond donors (Lipinski definition) is 1. The lowest BCUT2D eigenvalue weighted by Crippen LogP contribution is -2.08. The molecule has 0 spiro atoms. The van der Waals surface area contributed by atoms with Crippen molar-refractivity contribution in [3.63, 3.8) is 0 Å². The SMILES string of the molecule is N#Cc1cc2ccccc2nc1NCCc1ccccn1. The van der Waals surface area contributed by atoms with Crippen molar-refractivity contribution in [2.24, 2.45) is 0 Å². The monoisotopic (exact) mass is 274 g/mol. The Bertz CT molecular complexity index is 791. The summed E-state index contributed by atoms with van der Waals surface area (Å²) in [6.07, 6.45) is 2.57. The van der Waals surface area contributed by atoms with Crippen LogP contribution in [0.3, 0.4) is 0 Å². The zero-order valence-corrected chi connectivity index (χ0v) is 11.5. The zero-order valence-electron chi connectivity index (χ0n) is 11.5. The summed E-state index contributed by atoms with van der Waals surface area (Å²) in [5.41, 5.74) is 2.47. The van der Waals surface area contributed by atoms with E-state index in [1.54, 1.807) is 6.20 Å². The fourth-order valence-electron chi connectivity index (χ4n) is 2.19. The van der Waals surface area contributed by atoms with Crippen molar-refractivity contribution in [3.8, 4) is 6.07 Å².